The summed E-state index contributed by atoms with van der Waals surface area (Å²) >= 11 is 0. The van der Waals surface area contributed by atoms with Crippen LogP contribution in [0.2, 0.25) is 0 Å². The van der Waals surface area contributed by atoms with Gasteiger partial charge in [-0.05, 0) is 105 Å². The summed E-state index contributed by atoms with van der Waals surface area (Å²) in [5.74, 6) is 0.900. The molecule has 8 heteroatoms. The highest BCUT2D eigenvalue weighted by molar-refractivity contribution is 5.99. The van der Waals surface area contributed by atoms with E-state index in [0.717, 1.165) is 117 Å². The second-order valence-corrected chi connectivity index (χ2v) is 13.2. The van der Waals surface area contributed by atoms with Gasteiger partial charge in [-0.25, -0.2) is 0 Å². The number of fused-ring (bicyclic) bond motifs is 2. The predicted octanol–water partition coefficient (Wildman–Crippen LogP) is 8.78. The molecule has 0 saturated heterocycles. The molecule has 2 aliphatic carbocycles. The maximum Gasteiger partial charge on any atom is 0.224 e. The average Bonchev–Trinajstić information content (AvgIpc) is 3.08. The number of rotatable bonds is 18. The Hall–Kier alpha value is -3.65. The van der Waals surface area contributed by atoms with Crippen LogP contribution in [0.5, 0.6) is 0 Å². The van der Waals surface area contributed by atoms with Crippen LogP contribution >= 0.6 is 0 Å². The number of anilines is 2. The van der Waals surface area contributed by atoms with Crippen molar-refractivity contribution in [2.45, 2.75) is 148 Å². The topological polar surface area (TPSA) is 130 Å². The molecule has 4 rings (SSSR count). The zero-order valence-corrected chi connectivity index (χ0v) is 29.2. The Bertz CT molecular complexity index is 1380. The van der Waals surface area contributed by atoms with Gasteiger partial charge in [-0.1, -0.05) is 45.6 Å². The van der Waals surface area contributed by atoms with Crippen LogP contribution in [0, 0.1) is 0 Å². The summed E-state index contributed by atoms with van der Waals surface area (Å²) in [6, 6.07) is 11.4. The highest BCUT2D eigenvalue weighted by Crippen LogP contribution is 2.31. The van der Waals surface area contributed by atoms with Crippen molar-refractivity contribution in [1.29, 1.82) is 0 Å². The van der Waals surface area contributed by atoms with Gasteiger partial charge >= 0.3 is 0 Å². The first-order chi connectivity index (χ1) is 23.2. The third-order valence-corrected chi connectivity index (χ3v) is 9.26. The van der Waals surface area contributed by atoms with Crippen LogP contribution < -0.4 is 10.6 Å². The normalized spacial score (nSPS) is 15.0. The lowest BCUT2D eigenvalue weighted by Crippen LogP contribution is -2.14. The molecule has 0 radical (unpaired) electrons. The third kappa shape index (κ3) is 13.8. The summed E-state index contributed by atoms with van der Waals surface area (Å²) < 4.78 is 0. The third-order valence-electron chi connectivity index (χ3n) is 9.26. The van der Waals surface area contributed by atoms with E-state index in [1.54, 1.807) is 0 Å². The molecule has 2 aromatic rings. The van der Waals surface area contributed by atoms with E-state index in [2.05, 4.69) is 10.6 Å². The van der Waals surface area contributed by atoms with Gasteiger partial charge in [0.1, 0.15) is 11.6 Å². The molecule has 0 spiro atoms. The average molecular weight is 661 g/mol. The monoisotopic (exact) mass is 660 g/mol. The number of carbonyl (C=O) groups is 5. The summed E-state index contributed by atoms with van der Waals surface area (Å²) in [4.78, 5) is 58.2. The van der Waals surface area contributed by atoms with E-state index in [0.29, 0.717) is 56.5 Å². The van der Waals surface area contributed by atoms with Gasteiger partial charge in [-0.2, -0.15) is 0 Å². The van der Waals surface area contributed by atoms with Crippen LogP contribution in [0.15, 0.2) is 36.4 Å². The second kappa shape index (κ2) is 21.3. The minimum atomic E-state index is -0.363. The van der Waals surface area contributed by atoms with Crippen LogP contribution in [0.1, 0.15) is 163 Å². The second-order valence-electron chi connectivity index (χ2n) is 13.2. The van der Waals surface area contributed by atoms with Crippen molar-refractivity contribution >= 4 is 40.5 Å². The number of ketones is 3. The number of aliphatic hydroxyl groups excluding tert-OH is 1. The summed E-state index contributed by atoms with van der Waals surface area (Å²) in [7, 11) is 0. The Balaban J connectivity index is 0.000000260. The number of amides is 2. The molecule has 1 unspecified atom stereocenters. The Labute approximate surface area is 286 Å². The van der Waals surface area contributed by atoms with Crippen molar-refractivity contribution in [3.63, 3.8) is 0 Å². The predicted molar refractivity (Wildman–Crippen MR) is 191 cm³/mol. The number of unbranched alkanes of at least 4 members (excludes halogenated alkanes) is 6. The van der Waals surface area contributed by atoms with Gasteiger partial charge in [0, 0.05) is 61.9 Å². The van der Waals surface area contributed by atoms with E-state index in [4.69, 9.17) is 0 Å². The molecule has 2 amide bonds. The lowest BCUT2D eigenvalue weighted by Gasteiger charge is -2.22. The number of benzene rings is 2. The Morgan fingerprint density at radius 3 is 1.71 bits per heavy atom. The van der Waals surface area contributed by atoms with E-state index >= 15 is 0 Å². The lowest BCUT2D eigenvalue weighted by atomic mass is 9.89. The Morgan fingerprint density at radius 1 is 0.646 bits per heavy atom. The number of nitrogens with one attached hydrogen (secondary N) is 2. The molecule has 0 heterocycles. The van der Waals surface area contributed by atoms with Gasteiger partial charge in [0.15, 0.2) is 5.78 Å². The van der Waals surface area contributed by atoms with Gasteiger partial charge in [0.05, 0.1) is 6.10 Å². The number of hydrogen-bond acceptors (Lipinski definition) is 6. The van der Waals surface area contributed by atoms with E-state index in [1.807, 2.05) is 50.2 Å². The van der Waals surface area contributed by atoms with Gasteiger partial charge in [-0.3, -0.25) is 24.0 Å². The number of hydrogen-bond donors (Lipinski definition) is 3. The molecular weight excluding hydrogens is 604 g/mol. The molecule has 0 bridgehead atoms. The molecular formula is C40H56N2O6. The summed E-state index contributed by atoms with van der Waals surface area (Å²) in [5, 5.41) is 15.8. The molecule has 0 saturated carbocycles. The Kier molecular flexibility index (Phi) is 17.3. The molecule has 0 fully saturated rings. The molecule has 262 valence electrons. The van der Waals surface area contributed by atoms with Crippen LogP contribution in [-0.4, -0.2) is 34.3 Å². The van der Waals surface area contributed by atoms with Crippen molar-refractivity contribution in [3.05, 3.63) is 58.7 Å². The SMILES string of the molecule is CCC(=O)CCCCCCC(=O)Nc1ccc2c(c1)CCCC2=O.CCC(=O)CCCCCCC(=O)Nc1ccc2c(c1)CCCC2O. The van der Waals surface area contributed by atoms with Gasteiger partial charge < -0.3 is 15.7 Å². The summed E-state index contributed by atoms with van der Waals surface area (Å²) in [6.45, 7) is 3.79. The van der Waals surface area contributed by atoms with E-state index in [1.165, 1.54) is 0 Å². The van der Waals surface area contributed by atoms with Gasteiger partial charge in [0.2, 0.25) is 11.8 Å². The fourth-order valence-corrected chi connectivity index (χ4v) is 6.31. The minimum Gasteiger partial charge on any atom is -0.388 e. The zero-order valence-electron chi connectivity index (χ0n) is 29.2. The molecule has 0 aromatic heterocycles. The number of aliphatic hydroxyl groups is 1. The number of Topliss-reactive ketones (excluding diaryl/α,β-unsaturated/α-hetero) is 3. The van der Waals surface area contributed by atoms with Gasteiger partial charge in [-0.15, -0.1) is 0 Å². The van der Waals surface area contributed by atoms with Crippen molar-refractivity contribution < 1.29 is 29.1 Å². The van der Waals surface area contributed by atoms with Crippen molar-refractivity contribution in [3.8, 4) is 0 Å². The lowest BCUT2D eigenvalue weighted by molar-refractivity contribution is -0.119. The van der Waals surface area contributed by atoms with Crippen LogP contribution in [0.3, 0.4) is 0 Å². The van der Waals surface area contributed by atoms with Crippen molar-refractivity contribution in [2.24, 2.45) is 0 Å². The highest BCUT2D eigenvalue weighted by Gasteiger charge is 2.19. The largest absolute Gasteiger partial charge is 0.388 e. The first-order valence-corrected chi connectivity index (χ1v) is 18.3. The maximum absolute atomic E-state index is 12.0. The van der Waals surface area contributed by atoms with E-state index in [9.17, 15) is 29.1 Å². The number of carbonyl (C=O) groups excluding carboxylic acids is 5. The van der Waals surface area contributed by atoms with Crippen molar-refractivity contribution in [2.75, 3.05) is 10.6 Å². The first kappa shape index (κ1) is 38.8. The maximum atomic E-state index is 12.0. The highest BCUT2D eigenvalue weighted by atomic mass is 16.3. The Morgan fingerprint density at radius 2 is 1.15 bits per heavy atom. The fourth-order valence-electron chi connectivity index (χ4n) is 6.31. The quantitative estimate of drug-likeness (QED) is 0.137. The van der Waals surface area contributed by atoms with E-state index in [-0.39, 0.29) is 23.7 Å². The van der Waals surface area contributed by atoms with Crippen LogP contribution in [0.4, 0.5) is 11.4 Å². The summed E-state index contributed by atoms with van der Waals surface area (Å²) in [6.07, 6.45) is 16.0. The van der Waals surface area contributed by atoms with E-state index < -0.39 is 0 Å². The fraction of sp³-hybridized carbons (Fsp3) is 0.575. The number of aryl methyl sites for hydroxylation is 2. The molecule has 2 aromatic carbocycles. The molecule has 8 nitrogen and oxygen atoms in total. The van der Waals surface area contributed by atoms with Crippen molar-refractivity contribution in [1.82, 2.24) is 0 Å². The summed E-state index contributed by atoms with van der Waals surface area (Å²) in [5.41, 5.74) is 5.60. The van der Waals surface area contributed by atoms with Crippen LogP contribution in [-0.2, 0) is 32.0 Å². The van der Waals surface area contributed by atoms with Gasteiger partial charge in [0.25, 0.3) is 0 Å². The smallest absolute Gasteiger partial charge is 0.224 e. The minimum absolute atomic E-state index is 0.0155. The molecule has 48 heavy (non-hydrogen) atoms. The molecule has 3 N–H and O–H groups in total. The van der Waals surface area contributed by atoms with Crippen LogP contribution in [0.25, 0.3) is 0 Å². The standard InChI is InChI=1S/C20H29NO3.C20H27NO3/c2*1-2-17(22)9-5-3-4-6-11-20(24)21-16-12-13-18-15(14-16)8-7-10-19(18)23/h12-14,19,23H,2-11H2,1H3,(H,21,24);12-14H,2-11H2,1H3,(H,21,24). The molecule has 0 aliphatic heterocycles. The first-order valence-electron chi connectivity index (χ1n) is 18.3. The molecule has 1 atom stereocenters. The zero-order chi connectivity index (χ0) is 34.7. The molecule has 2 aliphatic rings.